The lowest BCUT2D eigenvalue weighted by molar-refractivity contribution is 0.562. The summed E-state index contributed by atoms with van der Waals surface area (Å²) in [6.07, 6.45) is 1.52. The van der Waals surface area contributed by atoms with Gasteiger partial charge < -0.3 is 4.98 Å². The summed E-state index contributed by atoms with van der Waals surface area (Å²) in [5.74, 6) is 0. The number of nitrogens with one attached hydrogen (secondary N) is 1. The summed E-state index contributed by atoms with van der Waals surface area (Å²) in [6.45, 7) is 0.357. The summed E-state index contributed by atoms with van der Waals surface area (Å²) >= 11 is 3.39. The Labute approximate surface area is 89.0 Å². The van der Waals surface area contributed by atoms with Gasteiger partial charge in [-0.25, -0.2) is 4.79 Å². The number of fused-ring (bicyclic) bond motifs is 1. The summed E-state index contributed by atoms with van der Waals surface area (Å²) in [4.78, 5) is 16.6. The van der Waals surface area contributed by atoms with Gasteiger partial charge in [-0.15, -0.1) is 0 Å². The Balaban J connectivity index is 2.45. The summed E-state index contributed by atoms with van der Waals surface area (Å²) in [5, 5.41) is 1.11. The van der Waals surface area contributed by atoms with Gasteiger partial charge in [0.1, 0.15) is 0 Å². The molecule has 0 spiro atoms. The first-order chi connectivity index (χ1) is 6.79. The Morgan fingerprint density at radius 2 is 2.29 bits per heavy atom. The van der Waals surface area contributed by atoms with Crippen LogP contribution >= 0.6 is 15.9 Å². The van der Waals surface area contributed by atoms with Crippen LogP contribution in [-0.2, 0) is 11.3 Å². The number of aliphatic imine (C=N–C) groups is 1. The second-order valence-electron chi connectivity index (χ2n) is 2.93. The topological polar surface area (TPSA) is 45.2 Å². The van der Waals surface area contributed by atoms with Crippen LogP contribution in [0.25, 0.3) is 10.9 Å². The van der Waals surface area contributed by atoms with Gasteiger partial charge in [0.2, 0.25) is 6.08 Å². The highest BCUT2D eigenvalue weighted by molar-refractivity contribution is 9.10. The zero-order chi connectivity index (χ0) is 9.97. The molecule has 0 aliphatic rings. The van der Waals surface area contributed by atoms with E-state index in [-0.39, 0.29) is 0 Å². The molecule has 14 heavy (non-hydrogen) atoms. The van der Waals surface area contributed by atoms with E-state index < -0.39 is 0 Å². The van der Waals surface area contributed by atoms with Crippen molar-refractivity contribution in [1.29, 1.82) is 0 Å². The van der Waals surface area contributed by atoms with Gasteiger partial charge in [-0.05, 0) is 24.3 Å². The fourth-order valence-electron chi connectivity index (χ4n) is 1.37. The molecule has 1 heterocycles. The zero-order valence-electron chi connectivity index (χ0n) is 7.25. The SMILES string of the molecule is O=C=NCc1cc2cc(Br)ccc2[nH]1. The quantitative estimate of drug-likeness (QED) is 0.647. The van der Waals surface area contributed by atoms with Crippen molar-refractivity contribution in [2.24, 2.45) is 4.99 Å². The van der Waals surface area contributed by atoms with Crippen molar-refractivity contribution in [2.75, 3.05) is 0 Å². The highest BCUT2D eigenvalue weighted by Gasteiger charge is 1.99. The van der Waals surface area contributed by atoms with Gasteiger partial charge in [-0.1, -0.05) is 15.9 Å². The molecule has 1 N–H and O–H groups in total. The number of nitrogens with zero attached hydrogens (tertiary/aromatic N) is 1. The third-order valence-electron chi connectivity index (χ3n) is 1.95. The molecule has 1 aromatic carbocycles. The predicted molar refractivity (Wildman–Crippen MR) is 57.8 cm³/mol. The molecule has 4 heteroatoms. The Bertz CT molecular complexity index is 512. The highest BCUT2D eigenvalue weighted by Crippen LogP contribution is 2.20. The minimum absolute atomic E-state index is 0.357. The van der Waals surface area contributed by atoms with Gasteiger partial charge in [-0.3, -0.25) is 0 Å². The van der Waals surface area contributed by atoms with Crippen molar-refractivity contribution < 1.29 is 4.79 Å². The fraction of sp³-hybridized carbons (Fsp3) is 0.100. The number of aromatic amines is 1. The molecule has 2 rings (SSSR count). The summed E-state index contributed by atoms with van der Waals surface area (Å²) in [6, 6.07) is 7.93. The summed E-state index contributed by atoms with van der Waals surface area (Å²) < 4.78 is 1.04. The molecule has 0 fully saturated rings. The van der Waals surface area contributed by atoms with Crippen LogP contribution in [-0.4, -0.2) is 11.1 Å². The highest BCUT2D eigenvalue weighted by atomic mass is 79.9. The molecular formula is C10H7BrN2O. The van der Waals surface area contributed by atoms with Crippen molar-refractivity contribution in [3.8, 4) is 0 Å². The average molecular weight is 251 g/mol. The van der Waals surface area contributed by atoms with E-state index in [1.165, 1.54) is 6.08 Å². The van der Waals surface area contributed by atoms with Crippen molar-refractivity contribution in [3.63, 3.8) is 0 Å². The summed E-state index contributed by atoms with van der Waals surface area (Å²) in [5.41, 5.74) is 1.96. The normalized spacial score (nSPS) is 10.1. The standard InChI is InChI=1S/C10H7BrN2O/c11-8-1-2-10-7(3-8)4-9(13-10)5-12-6-14/h1-4,13H,5H2. The zero-order valence-corrected chi connectivity index (χ0v) is 8.84. The minimum Gasteiger partial charge on any atom is -0.357 e. The van der Waals surface area contributed by atoms with E-state index in [9.17, 15) is 4.79 Å². The van der Waals surface area contributed by atoms with Crippen LogP contribution in [0.2, 0.25) is 0 Å². The fourth-order valence-corrected chi connectivity index (χ4v) is 1.75. The molecule has 3 nitrogen and oxygen atoms in total. The molecule has 2 aromatic rings. The smallest absolute Gasteiger partial charge is 0.235 e. The lowest BCUT2D eigenvalue weighted by Gasteiger charge is -1.89. The number of rotatable bonds is 2. The number of aromatic nitrogens is 1. The van der Waals surface area contributed by atoms with Gasteiger partial charge in [0.05, 0.1) is 6.54 Å². The van der Waals surface area contributed by atoms with Gasteiger partial charge in [0.15, 0.2) is 0 Å². The Hall–Kier alpha value is -1.38. The predicted octanol–water partition coefficient (Wildman–Crippen LogP) is 2.77. The second-order valence-corrected chi connectivity index (χ2v) is 3.85. The van der Waals surface area contributed by atoms with Crippen LogP contribution in [0.5, 0.6) is 0 Å². The first kappa shape index (κ1) is 9.19. The van der Waals surface area contributed by atoms with Gasteiger partial charge >= 0.3 is 0 Å². The maximum atomic E-state index is 9.93. The van der Waals surface area contributed by atoms with Crippen molar-refractivity contribution >= 4 is 32.9 Å². The first-order valence-corrected chi connectivity index (χ1v) is 4.89. The van der Waals surface area contributed by atoms with Gasteiger partial charge in [-0.2, -0.15) is 4.99 Å². The van der Waals surface area contributed by atoms with Crippen LogP contribution in [0, 0.1) is 0 Å². The lowest BCUT2D eigenvalue weighted by Crippen LogP contribution is -1.78. The van der Waals surface area contributed by atoms with E-state index in [1.807, 2.05) is 24.3 Å². The number of benzene rings is 1. The van der Waals surface area contributed by atoms with Crippen LogP contribution in [0.1, 0.15) is 5.69 Å². The van der Waals surface area contributed by atoms with Gasteiger partial charge in [0.25, 0.3) is 0 Å². The minimum atomic E-state index is 0.357. The second kappa shape index (κ2) is 3.78. The Morgan fingerprint density at radius 1 is 1.43 bits per heavy atom. The number of carbonyl (C=O) groups excluding carboxylic acids is 1. The summed E-state index contributed by atoms with van der Waals surface area (Å²) in [7, 11) is 0. The third-order valence-corrected chi connectivity index (χ3v) is 2.45. The molecule has 1 aromatic heterocycles. The van der Waals surface area contributed by atoms with Gasteiger partial charge in [0, 0.05) is 21.1 Å². The first-order valence-electron chi connectivity index (χ1n) is 4.10. The maximum Gasteiger partial charge on any atom is 0.235 e. The van der Waals surface area contributed by atoms with E-state index >= 15 is 0 Å². The van der Waals surface area contributed by atoms with Crippen LogP contribution in [0.4, 0.5) is 0 Å². The molecule has 0 aliphatic carbocycles. The number of isocyanates is 1. The Morgan fingerprint density at radius 3 is 3.07 bits per heavy atom. The monoisotopic (exact) mass is 250 g/mol. The van der Waals surface area contributed by atoms with E-state index in [0.29, 0.717) is 6.54 Å². The Kier molecular flexibility index (Phi) is 2.48. The molecular weight excluding hydrogens is 244 g/mol. The largest absolute Gasteiger partial charge is 0.357 e. The molecule has 70 valence electrons. The lowest BCUT2D eigenvalue weighted by atomic mass is 10.2. The molecule has 0 aliphatic heterocycles. The number of hydrogen-bond acceptors (Lipinski definition) is 2. The molecule has 0 saturated heterocycles. The van der Waals surface area contributed by atoms with Crippen LogP contribution < -0.4 is 0 Å². The molecule has 0 bridgehead atoms. The third kappa shape index (κ3) is 1.76. The van der Waals surface area contributed by atoms with Crippen molar-refractivity contribution in [2.45, 2.75) is 6.54 Å². The molecule has 0 saturated carbocycles. The number of H-pyrrole nitrogens is 1. The molecule has 0 unspecified atom stereocenters. The average Bonchev–Trinajstić information content (AvgIpc) is 2.56. The van der Waals surface area contributed by atoms with E-state index in [1.54, 1.807) is 0 Å². The number of hydrogen-bond donors (Lipinski definition) is 1. The van der Waals surface area contributed by atoms with Crippen LogP contribution in [0.15, 0.2) is 33.7 Å². The van der Waals surface area contributed by atoms with E-state index in [4.69, 9.17) is 0 Å². The van der Waals surface area contributed by atoms with Crippen LogP contribution in [0.3, 0.4) is 0 Å². The molecule has 0 radical (unpaired) electrons. The number of halogens is 1. The van der Waals surface area contributed by atoms with E-state index in [2.05, 4.69) is 25.9 Å². The van der Waals surface area contributed by atoms with Crippen molar-refractivity contribution in [1.82, 2.24) is 4.98 Å². The maximum absolute atomic E-state index is 9.93. The van der Waals surface area contributed by atoms with Crippen molar-refractivity contribution in [3.05, 3.63) is 34.4 Å². The molecule has 0 amide bonds. The van der Waals surface area contributed by atoms with E-state index in [0.717, 1.165) is 21.1 Å². The molecule has 0 atom stereocenters.